The molecule has 24 heavy (non-hydrogen) atoms. The number of rotatable bonds is 7. The average Bonchev–Trinajstić information content (AvgIpc) is 2.87. The standard InChI is InChI=1S/C18H22N4O2/c1-18(14-23)12-15-6-2-3-7-16(15)22(18)13-17(24)21(10-4-8-19)11-5-9-20/h2-3,6-7,23H,4-5,10-14H2,1H3/t18-/m1/s1. The third kappa shape index (κ3) is 3.67. The zero-order valence-electron chi connectivity index (χ0n) is 13.9. The minimum Gasteiger partial charge on any atom is -0.394 e. The molecule has 1 N–H and O–H groups in total. The largest absolute Gasteiger partial charge is 0.394 e. The molecular formula is C18H22N4O2. The number of hydrogen-bond donors (Lipinski definition) is 1. The van der Waals surface area contributed by atoms with Gasteiger partial charge in [-0.25, -0.2) is 0 Å². The number of hydrogen-bond acceptors (Lipinski definition) is 5. The van der Waals surface area contributed by atoms with Crippen LogP contribution in [0.3, 0.4) is 0 Å². The fourth-order valence-electron chi connectivity index (χ4n) is 3.10. The maximum Gasteiger partial charge on any atom is 0.242 e. The molecule has 0 aromatic heterocycles. The number of carbonyl (C=O) groups is 1. The number of benzene rings is 1. The molecule has 1 aromatic carbocycles. The minimum atomic E-state index is -0.518. The van der Waals surface area contributed by atoms with Crippen LogP contribution >= 0.6 is 0 Å². The Hall–Kier alpha value is -2.57. The number of aliphatic hydroxyl groups is 1. The van der Waals surface area contributed by atoms with Gasteiger partial charge >= 0.3 is 0 Å². The first-order valence-corrected chi connectivity index (χ1v) is 8.04. The van der Waals surface area contributed by atoms with Gasteiger partial charge in [-0.3, -0.25) is 4.79 Å². The SMILES string of the molecule is C[C@]1(CO)Cc2ccccc2N1CC(=O)N(CCC#N)CCC#N. The van der Waals surface area contributed by atoms with Gasteiger partial charge in [-0.05, 0) is 25.0 Å². The lowest BCUT2D eigenvalue weighted by Crippen LogP contribution is -2.52. The first kappa shape index (κ1) is 17.8. The van der Waals surface area contributed by atoms with Crippen molar-refractivity contribution in [3.05, 3.63) is 29.8 Å². The van der Waals surface area contributed by atoms with Crippen molar-refractivity contribution in [1.29, 1.82) is 10.5 Å². The summed E-state index contributed by atoms with van der Waals surface area (Å²) >= 11 is 0. The first-order valence-electron chi connectivity index (χ1n) is 8.04. The summed E-state index contributed by atoms with van der Waals surface area (Å²) in [6.07, 6.45) is 1.17. The van der Waals surface area contributed by atoms with Gasteiger partial charge in [0.25, 0.3) is 0 Å². The number of para-hydroxylation sites is 1. The van der Waals surface area contributed by atoms with E-state index in [1.165, 1.54) is 0 Å². The highest BCUT2D eigenvalue weighted by Crippen LogP contribution is 2.38. The molecule has 1 aromatic rings. The van der Waals surface area contributed by atoms with E-state index < -0.39 is 5.54 Å². The highest BCUT2D eigenvalue weighted by atomic mass is 16.3. The van der Waals surface area contributed by atoms with Gasteiger partial charge in [0.05, 0.1) is 43.7 Å². The lowest BCUT2D eigenvalue weighted by atomic mass is 9.98. The molecule has 1 amide bonds. The van der Waals surface area contributed by atoms with Crippen molar-refractivity contribution in [2.24, 2.45) is 0 Å². The quantitative estimate of drug-likeness (QED) is 0.819. The van der Waals surface area contributed by atoms with E-state index in [1.807, 2.05) is 48.2 Å². The summed E-state index contributed by atoms with van der Waals surface area (Å²) in [5.41, 5.74) is 1.56. The fourth-order valence-corrected chi connectivity index (χ4v) is 3.10. The maximum atomic E-state index is 12.7. The van der Waals surface area contributed by atoms with Crippen molar-refractivity contribution in [3.8, 4) is 12.1 Å². The molecule has 1 aliphatic rings. The van der Waals surface area contributed by atoms with Crippen LogP contribution in [0.25, 0.3) is 0 Å². The van der Waals surface area contributed by atoms with E-state index in [0.29, 0.717) is 19.5 Å². The fraction of sp³-hybridized carbons (Fsp3) is 0.500. The Labute approximate surface area is 142 Å². The van der Waals surface area contributed by atoms with Crippen LogP contribution in [0.15, 0.2) is 24.3 Å². The summed E-state index contributed by atoms with van der Waals surface area (Å²) in [5, 5.41) is 27.4. The van der Waals surface area contributed by atoms with Gasteiger partial charge < -0.3 is 14.9 Å². The second kappa shape index (κ2) is 7.81. The Morgan fingerprint density at radius 2 is 1.92 bits per heavy atom. The van der Waals surface area contributed by atoms with E-state index in [1.54, 1.807) is 4.90 Å². The molecule has 0 fully saturated rings. The van der Waals surface area contributed by atoms with Crippen molar-refractivity contribution in [2.45, 2.75) is 31.7 Å². The van der Waals surface area contributed by atoms with Crippen LogP contribution in [0.1, 0.15) is 25.3 Å². The molecular weight excluding hydrogens is 304 g/mol. The smallest absolute Gasteiger partial charge is 0.242 e. The number of amides is 1. The molecule has 0 aliphatic carbocycles. The van der Waals surface area contributed by atoms with E-state index in [-0.39, 0.29) is 31.9 Å². The van der Waals surface area contributed by atoms with E-state index in [9.17, 15) is 9.90 Å². The van der Waals surface area contributed by atoms with Crippen molar-refractivity contribution in [3.63, 3.8) is 0 Å². The molecule has 1 heterocycles. The maximum absolute atomic E-state index is 12.7. The third-order valence-electron chi connectivity index (χ3n) is 4.48. The van der Waals surface area contributed by atoms with Gasteiger partial charge in [-0.15, -0.1) is 0 Å². The molecule has 0 unspecified atom stereocenters. The van der Waals surface area contributed by atoms with E-state index in [0.717, 1.165) is 11.3 Å². The minimum absolute atomic E-state index is 0.0502. The topological polar surface area (TPSA) is 91.4 Å². The molecule has 126 valence electrons. The van der Waals surface area contributed by atoms with Crippen LogP contribution in [-0.4, -0.2) is 47.7 Å². The van der Waals surface area contributed by atoms with Crippen molar-refractivity contribution >= 4 is 11.6 Å². The summed E-state index contributed by atoms with van der Waals surface area (Å²) in [7, 11) is 0. The summed E-state index contributed by atoms with van der Waals surface area (Å²) in [5.74, 6) is -0.128. The van der Waals surface area contributed by atoms with Gasteiger partial charge in [0.2, 0.25) is 5.91 Å². The number of nitriles is 2. The van der Waals surface area contributed by atoms with Crippen LogP contribution in [0.5, 0.6) is 0 Å². The van der Waals surface area contributed by atoms with Crippen molar-refractivity contribution in [2.75, 3.05) is 31.1 Å². The highest BCUT2D eigenvalue weighted by Gasteiger charge is 2.40. The summed E-state index contributed by atoms with van der Waals surface area (Å²) in [6, 6.07) is 11.9. The molecule has 0 bridgehead atoms. The molecule has 2 rings (SSSR count). The Kier molecular flexibility index (Phi) is 5.78. The second-order valence-corrected chi connectivity index (χ2v) is 6.24. The summed E-state index contributed by atoms with van der Waals surface area (Å²) < 4.78 is 0. The number of nitrogens with zero attached hydrogens (tertiary/aromatic N) is 4. The average molecular weight is 326 g/mol. The monoisotopic (exact) mass is 326 g/mol. The zero-order chi connectivity index (χ0) is 17.6. The molecule has 0 saturated heterocycles. The second-order valence-electron chi connectivity index (χ2n) is 6.24. The third-order valence-corrected chi connectivity index (χ3v) is 4.48. The Bertz CT molecular complexity index is 658. The lowest BCUT2D eigenvalue weighted by Gasteiger charge is -2.36. The lowest BCUT2D eigenvalue weighted by molar-refractivity contribution is -0.129. The van der Waals surface area contributed by atoms with E-state index in [2.05, 4.69) is 0 Å². The highest BCUT2D eigenvalue weighted by molar-refractivity contribution is 5.83. The molecule has 6 heteroatoms. The molecule has 1 aliphatic heterocycles. The first-order chi connectivity index (χ1) is 11.6. The summed E-state index contributed by atoms with van der Waals surface area (Å²) in [4.78, 5) is 16.2. The predicted molar refractivity (Wildman–Crippen MR) is 90.0 cm³/mol. The van der Waals surface area contributed by atoms with E-state index >= 15 is 0 Å². The zero-order valence-corrected chi connectivity index (χ0v) is 13.9. The van der Waals surface area contributed by atoms with Crippen LogP contribution in [0.4, 0.5) is 5.69 Å². The molecule has 1 atom stereocenters. The van der Waals surface area contributed by atoms with Crippen molar-refractivity contribution in [1.82, 2.24) is 4.90 Å². The van der Waals surface area contributed by atoms with Gasteiger partial charge in [0.1, 0.15) is 0 Å². The molecule has 0 radical (unpaired) electrons. The Balaban J connectivity index is 2.18. The van der Waals surface area contributed by atoms with Crippen LogP contribution in [-0.2, 0) is 11.2 Å². The van der Waals surface area contributed by atoms with Crippen LogP contribution in [0, 0.1) is 22.7 Å². The van der Waals surface area contributed by atoms with Crippen LogP contribution in [0.2, 0.25) is 0 Å². The predicted octanol–water partition coefficient (Wildman–Crippen LogP) is 1.46. The molecule has 0 saturated carbocycles. The van der Waals surface area contributed by atoms with Crippen LogP contribution < -0.4 is 4.90 Å². The number of fused-ring (bicyclic) bond motifs is 1. The number of carbonyl (C=O) groups excluding carboxylic acids is 1. The Morgan fingerprint density at radius 1 is 1.29 bits per heavy atom. The normalized spacial score (nSPS) is 18.6. The van der Waals surface area contributed by atoms with Gasteiger partial charge in [-0.2, -0.15) is 10.5 Å². The molecule has 6 nitrogen and oxygen atoms in total. The van der Waals surface area contributed by atoms with Gasteiger partial charge in [0.15, 0.2) is 0 Å². The number of aliphatic hydroxyl groups excluding tert-OH is 1. The summed E-state index contributed by atoms with van der Waals surface area (Å²) in [6.45, 7) is 2.66. The van der Waals surface area contributed by atoms with Gasteiger partial charge in [-0.1, -0.05) is 18.2 Å². The number of anilines is 1. The molecule has 0 spiro atoms. The van der Waals surface area contributed by atoms with Gasteiger partial charge in [0, 0.05) is 18.8 Å². The van der Waals surface area contributed by atoms with Crippen molar-refractivity contribution < 1.29 is 9.90 Å². The Morgan fingerprint density at radius 3 is 2.50 bits per heavy atom. The van der Waals surface area contributed by atoms with E-state index in [4.69, 9.17) is 10.5 Å².